The van der Waals surface area contributed by atoms with Crippen LogP contribution in [0.2, 0.25) is 0 Å². The molecule has 0 aromatic heterocycles. The lowest BCUT2D eigenvalue weighted by molar-refractivity contribution is -0.122. The molecule has 0 radical (unpaired) electrons. The van der Waals surface area contributed by atoms with Crippen LogP contribution >= 0.6 is 0 Å². The summed E-state index contributed by atoms with van der Waals surface area (Å²) < 4.78 is 0. The fraction of sp³-hybridized carbons (Fsp3) is 0.341. The van der Waals surface area contributed by atoms with Gasteiger partial charge in [-0.25, -0.2) is 0 Å². The number of hydrogen-bond acceptors (Lipinski definition) is 1. The number of terminal acetylenes is 1. The van der Waals surface area contributed by atoms with Crippen LogP contribution in [0.3, 0.4) is 0 Å². The molecule has 0 amide bonds. The molecule has 228 valence electrons. The van der Waals surface area contributed by atoms with Crippen LogP contribution in [0.5, 0.6) is 0 Å². The van der Waals surface area contributed by atoms with Crippen molar-refractivity contribution < 1.29 is 4.79 Å². The molecule has 1 saturated carbocycles. The van der Waals surface area contributed by atoms with E-state index >= 15 is 0 Å². The third-order valence-electron chi connectivity index (χ3n) is 10.3. The zero-order valence-electron chi connectivity index (χ0n) is 26.8. The lowest BCUT2D eigenvalue weighted by Crippen LogP contribution is -2.27. The molecule has 3 aromatic rings. The summed E-state index contributed by atoms with van der Waals surface area (Å²) in [7, 11) is 0. The highest BCUT2D eigenvalue weighted by Gasteiger charge is 2.33. The molecule has 1 fully saturated rings. The molecule has 45 heavy (non-hydrogen) atoms. The molecular formula is C44H46O. The first-order chi connectivity index (χ1) is 22.1. The molecule has 1 heteroatoms. The maximum atomic E-state index is 14.0. The average molecular weight is 591 g/mol. The molecule has 0 aliphatic heterocycles. The van der Waals surface area contributed by atoms with Crippen LogP contribution in [-0.2, 0) is 24.1 Å². The van der Waals surface area contributed by atoms with Gasteiger partial charge in [0, 0.05) is 17.9 Å². The Morgan fingerprint density at radius 1 is 0.911 bits per heavy atom. The van der Waals surface area contributed by atoms with Gasteiger partial charge in [-0.15, -0.1) is 6.42 Å². The van der Waals surface area contributed by atoms with E-state index in [1.54, 1.807) is 0 Å². The lowest BCUT2D eigenvalue weighted by atomic mass is 9.70. The Labute approximate surface area is 270 Å². The van der Waals surface area contributed by atoms with Crippen molar-refractivity contribution in [2.24, 2.45) is 17.8 Å². The van der Waals surface area contributed by atoms with E-state index in [1.807, 2.05) is 6.07 Å². The van der Waals surface area contributed by atoms with Gasteiger partial charge in [-0.05, 0) is 115 Å². The number of ketones is 1. The van der Waals surface area contributed by atoms with Gasteiger partial charge in [-0.3, -0.25) is 4.79 Å². The van der Waals surface area contributed by atoms with Gasteiger partial charge in [0.05, 0.1) is 0 Å². The number of carbonyl (C=O) groups is 1. The fourth-order valence-electron chi connectivity index (χ4n) is 7.67. The van der Waals surface area contributed by atoms with E-state index in [0.29, 0.717) is 30.0 Å². The molecule has 0 saturated heterocycles. The Hall–Kier alpha value is -4.15. The van der Waals surface area contributed by atoms with E-state index in [1.165, 1.54) is 51.8 Å². The first-order valence-corrected chi connectivity index (χ1v) is 17.1. The second-order valence-electron chi connectivity index (χ2n) is 13.5. The molecule has 3 aliphatic rings. The molecule has 3 aromatic carbocycles. The predicted octanol–water partition coefficient (Wildman–Crippen LogP) is 10.4. The van der Waals surface area contributed by atoms with Crippen molar-refractivity contribution in [3.63, 3.8) is 0 Å². The predicted molar refractivity (Wildman–Crippen MR) is 189 cm³/mol. The third kappa shape index (κ3) is 7.93. The number of carbonyl (C=O) groups excluding carboxylic acids is 1. The van der Waals surface area contributed by atoms with Gasteiger partial charge in [0.2, 0.25) is 0 Å². The number of hydrogen-bond donors (Lipinski definition) is 0. The van der Waals surface area contributed by atoms with Gasteiger partial charge in [0.25, 0.3) is 0 Å². The Kier molecular flexibility index (Phi) is 10.1. The topological polar surface area (TPSA) is 17.1 Å². The average Bonchev–Trinajstić information content (AvgIpc) is 3.77. The van der Waals surface area contributed by atoms with E-state index in [9.17, 15) is 4.79 Å². The van der Waals surface area contributed by atoms with Crippen molar-refractivity contribution >= 4 is 11.4 Å². The quantitative estimate of drug-likeness (QED) is 0.192. The van der Waals surface area contributed by atoms with Gasteiger partial charge in [-0.1, -0.05) is 122 Å². The summed E-state index contributed by atoms with van der Waals surface area (Å²) >= 11 is 0. The monoisotopic (exact) mass is 590 g/mol. The summed E-state index contributed by atoms with van der Waals surface area (Å²) in [6, 6.07) is 26.1. The standard InChI is InChI=1S/C44H46O/c1-3-37-20-17-36(31-42(37)23-14-33-11-7-8-12-33)30-35-15-21-39(22-16-35)44(43(45)28-18-34-9-5-4-6-10-34)40-26-24-38(25-27-40)41-19-13-32(2)29-41/h1,4-11,13,17,19-20,24-27,29,31-32,35,39,44H,12,14-16,18,21-23,28,30H2,2H3. The maximum absolute atomic E-state index is 14.0. The van der Waals surface area contributed by atoms with E-state index < -0.39 is 0 Å². The van der Waals surface area contributed by atoms with Crippen molar-refractivity contribution in [1.29, 1.82) is 0 Å². The van der Waals surface area contributed by atoms with E-state index in [2.05, 4.69) is 116 Å². The van der Waals surface area contributed by atoms with Crippen molar-refractivity contribution in [3.05, 3.63) is 148 Å². The highest BCUT2D eigenvalue weighted by molar-refractivity contribution is 5.86. The SMILES string of the molecule is C#Cc1ccc(CC2CCC(C(C(=O)CCc3ccccc3)c3ccc(C4=CC(C)C=C4)cc3)CC2)cc1CCC1=CC=CC1. The molecule has 0 heterocycles. The molecule has 2 atom stereocenters. The normalized spacial score (nSPS) is 21.3. The molecule has 1 nitrogen and oxygen atoms in total. The summed E-state index contributed by atoms with van der Waals surface area (Å²) in [5.74, 6) is 4.81. The van der Waals surface area contributed by atoms with Gasteiger partial charge >= 0.3 is 0 Å². The first kappa shape index (κ1) is 30.9. The summed E-state index contributed by atoms with van der Waals surface area (Å²) in [5, 5.41) is 0. The molecule has 2 unspecified atom stereocenters. The Bertz CT molecular complexity index is 1630. The van der Waals surface area contributed by atoms with Crippen molar-refractivity contribution in [2.75, 3.05) is 0 Å². The summed E-state index contributed by atoms with van der Waals surface area (Å²) in [6.45, 7) is 2.22. The zero-order valence-corrected chi connectivity index (χ0v) is 26.8. The minimum atomic E-state index is -0.0309. The van der Waals surface area contributed by atoms with Crippen LogP contribution in [0.4, 0.5) is 0 Å². The number of rotatable bonds is 12. The summed E-state index contributed by atoms with van der Waals surface area (Å²) in [6.07, 6.45) is 29.5. The minimum absolute atomic E-state index is 0.0309. The van der Waals surface area contributed by atoms with Gasteiger partial charge < -0.3 is 0 Å². The summed E-state index contributed by atoms with van der Waals surface area (Å²) in [4.78, 5) is 14.0. The molecular weight excluding hydrogens is 544 g/mol. The summed E-state index contributed by atoms with van der Waals surface area (Å²) in [5.41, 5.74) is 10.2. The van der Waals surface area contributed by atoms with Crippen LogP contribution in [0.25, 0.3) is 5.57 Å². The van der Waals surface area contributed by atoms with Crippen LogP contribution in [0.1, 0.15) is 91.2 Å². The van der Waals surface area contributed by atoms with Gasteiger partial charge in [0.1, 0.15) is 5.78 Å². The lowest BCUT2D eigenvalue weighted by Gasteiger charge is -2.34. The molecule has 3 aliphatic carbocycles. The van der Waals surface area contributed by atoms with E-state index in [0.717, 1.165) is 50.5 Å². The Balaban J connectivity index is 1.12. The Morgan fingerprint density at radius 2 is 1.71 bits per heavy atom. The highest BCUT2D eigenvalue weighted by Crippen LogP contribution is 2.41. The minimum Gasteiger partial charge on any atom is -0.299 e. The van der Waals surface area contributed by atoms with Crippen LogP contribution in [0.15, 0.2) is 115 Å². The fourth-order valence-corrected chi connectivity index (χ4v) is 7.67. The molecule has 6 rings (SSSR count). The molecule has 0 bridgehead atoms. The molecule has 0 N–H and O–H groups in total. The van der Waals surface area contributed by atoms with E-state index in [-0.39, 0.29) is 5.92 Å². The first-order valence-electron chi connectivity index (χ1n) is 17.1. The third-order valence-corrected chi connectivity index (χ3v) is 10.3. The Morgan fingerprint density at radius 3 is 2.40 bits per heavy atom. The van der Waals surface area contributed by atoms with Crippen molar-refractivity contribution in [3.8, 4) is 12.3 Å². The maximum Gasteiger partial charge on any atom is 0.140 e. The van der Waals surface area contributed by atoms with Gasteiger partial charge in [0.15, 0.2) is 0 Å². The van der Waals surface area contributed by atoms with Crippen molar-refractivity contribution in [1.82, 2.24) is 0 Å². The largest absolute Gasteiger partial charge is 0.299 e. The van der Waals surface area contributed by atoms with Gasteiger partial charge in [-0.2, -0.15) is 0 Å². The number of allylic oxidation sites excluding steroid dienone is 8. The zero-order chi connectivity index (χ0) is 31.0. The second-order valence-corrected chi connectivity index (χ2v) is 13.5. The number of Topliss-reactive ketones (excluding diaryl/α,β-unsaturated/α-hetero) is 1. The van der Waals surface area contributed by atoms with E-state index in [4.69, 9.17) is 6.42 Å². The van der Waals surface area contributed by atoms with Crippen LogP contribution < -0.4 is 0 Å². The van der Waals surface area contributed by atoms with Crippen LogP contribution in [0, 0.1) is 30.1 Å². The van der Waals surface area contributed by atoms with Crippen molar-refractivity contribution in [2.45, 2.75) is 77.0 Å². The highest BCUT2D eigenvalue weighted by atomic mass is 16.1. The number of benzene rings is 3. The number of aryl methyl sites for hydroxylation is 2. The van der Waals surface area contributed by atoms with Crippen LogP contribution in [-0.4, -0.2) is 5.78 Å². The smallest absolute Gasteiger partial charge is 0.140 e. The molecule has 0 spiro atoms. The second kappa shape index (κ2) is 14.8.